The molecule has 2 rings (SSSR count). The highest BCUT2D eigenvalue weighted by Crippen LogP contribution is 2.11. The SMILES string of the molecule is CCc1ccc(C(=O)N(C)Cc2ccc(N)cc2)cc1. The van der Waals surface area contributed by atoms with Crippen LogP contribution in [0.15, 0.2) is 48.5 Å². The molecule has 0 fully saturated rings. The van der Waals surface area contributed by atoms with Crippen LogP contribution in [0.25, 0.3) is 0 Å². The van der Waals surface area contributed by atoms with Crippen molar-refractivity contribution in [2.45, 2.75) is 19.9 Å². The Morgan fingerprint density at radius 2 is 1.55 bits per heavy atom. The van der Waals surface area contributed by atoms with E-state index in [1.54, 1.807) is 4.90 Å². The smallest absolute Gasteiger partial charge is 0.253 e. The molecular formula is C17H20N2O. The third-order valence-electron chi connectivity index (χ3n) is 3.36. The van der Waals surface area contributed by atoms with E-state index in [9.17, 15) is 4.79 Å². The lowest BCUT2D eigenvalue weighted by Gasteiger charge is -2.17. The maximum absolute atomic E-state index is 12.3. The second kappa shape index (κ2) is 6.24. The first-order valence-electron chi connectivity index (χ1n) is 6.79. The fraction of sp³-hybridized carbons (Fsp3) is 0.235. The summed E-state index contributed by atoms with van der Waals surface area (Å²) in [7, 11) is 1.81. The van der Waals surface area contributed by atoms with Gasteiger partial charge >= 0.3 is 0 Å². The van der Waals surface area contributed by atoms with Gasteiger partial charge in [0.15, 0.2) is 0 Å². The average Bonchev–Trinajstić information content (AvgIpc) is 2.49. The van der Waals surface area contributed by atoms with Crippen molar-refractivity contribution >= 4 is 11.6 Å². The first-order chi connectivity index (χ1) is 9.60. The Morgan fingerprint density at radius 3 is 2.10 bits per heavy atom. The van der Waals surface area contributed by atoms with Gasteiger partial charge in [0, 0.05) is 24.8 Å². The molecule has 0 aliphatic heterocycles. The highest BCUT2D eigenvalue weighted by Gasteiger charge is 2.11. The van der Waals surface area contributed by atoms with Crippen molar-refractivity contribution in [3.8, 4) is 0 Å². The number of amides is 1. The van der Waals surface area contributed by atoms with Crippen molar-refractivity contribution in [2.75, 3.05) is 12.8 Å². The second-order valence-corrected chi connectivity index (χ2v) is 4.95. The Morgan fingerprint density at radius 1 is 1.00 bits per heavy atom. The topological polar surface area (TPSA) is 46.3 Å². The highest BCUT2D eigenvalue weighted by atomic mass is 16.2. The number of rotatable bonds is 4. The van der Waals surface area contributed by atoms with Gasteiger partial charge in [-0.3, -0.25) is 4.79 Å². The third kappa shape index (κ3) is 3.38. The molecule has 0 saturated heterocycles. The molecule has 0 aromatic heterocycles. The van der Waals surface area contributed by atoms with Crippen LogP contribution < -0.4 is 5.73 Å². The predicted molar refractivity (Wildman–Crippen MR) is 82.5 cm³/mol. The zero-order valence-corrected chi connectivity index (χ0v) is 12.0. The molecule has 1 amide bonds. The van der Waals surface area contributed by atoms with Crippen LogP contribution in [-0.4, -0.2) is 17.9 Å². The molecule has 0 heterocycles. The van der Waals surface area contributed by atoms with E-state index in [4.69, 9.17) is 5.73 Å². The van der Waals surface area contributed by atoms with Crippen molar-refractivity contribution < 1.29 is 4.79 Å². The molecule has 2 aromatic rings. The maximum atomic E-state index is 12.3. The molecule has 0 saturated carbocycles. The lowest BCUT2D eigenvalue weighted by molar-refractivity contribution is 0.0785. The number of aryl methyl sites for hydroxylation is 1. The summed E-state index contributed by atoms with van der Waals surface area (Å²) in [6.45, 7) is 2.68. The van der Waals surface area contributed by atoms with Crippen LogP contribution in [0.2, 0.25) is 0 Å². The summed E-state index contributed by atoms with van der Waals surface area (Å²) >= 11 is 0. The van der Waals surface area contributed by atoms with Crippen LogP contribution in [0.4, 0.5) is 5.69 Å². The van der Waals surface area contributed by atoms with E-state index in [1.165, 1.54) is 5.56 Å². The van der Waals surface area contributed by atoms with Crippen LogP contribution in [0.5, 0.6) is 0 Å². The summed E-state index contributed by atoms with van der Waals surface area (Å²) in [6.07, 6.45) is 0.982. The molecule has 0 aliphatic carbocycles. The third-order valence-corrected chi connectivity index (χ3v) is 3.36. The molecule has 3 heteroatoms. The Kier molecular flexibility index (Phi) is 4.41. The molecule has 20 heavy (non-hydrogen) atoms. The largest absolute Gasteiger partial charge is 0.399 e. The van der Waals surface area contributed by atoms with E-state index < -0.39 is 0 Å². The second-order valence-electron chi connectivity index (χ2n) is 4.95. The van der Waals surface area contributed by atoms with Crippen LogP contribution in [-0.2, 0) is 13.0 Å². The van der Waals surface area contributed by atoms with Crippen LogP contribution in [0.1, 0.15) is 28.4 Å². The summed E-state index contributed by atoms with van der Waals surface area (Å²) < 4.78 is 0. The predicted octanol–water partition coefficient (Wildman–Crippen LogP) is 3.10. The van der Waals surface area contributed by atoms with Crippen LogP contribution in [0.3, 0.4) is 0 Å². The fourth-order valence-electron chi connectivity index (χ4n) is 2.07. The van der Waals surface area contributed by atoms with Gasteiger partial charge in [-0.2, -0.15) is 0 Å². The molecule has 104 valence electrons. The number of nitrogens with two attached hydrogens (primary N) is 1. The monoisotopic (exact) mass is 268 g/mol. The molecular weight excluding hydrogens is 248 g/mol. The average molecular weight is 268 g/mol. The minimum atomic E-state index is 0.0319. The van der Waals surface area contributed by atoms with Gasteiger partial charge in [-0.15, -0.1) is 0 Å². The number of carbonyl (C=O) groups is 1. The highest BCUT2D eigenvalue weighted by molar-refractivity contribution is 5.94. The Labute approximate surface area is 120 Å². The molecule has 2 aromatic carbocycles. The van der Waals surface area contributed by atoms with E-state index in [0.717, 1.165) is 23.2 Å². The number of hydrogen-bond acceptors (Lipinski definition) is 2. The van der Waals surface area contributed by atoms with Gasteiger partial charge in [0.2, 0.25) is 0 Å². The van der Waals surface area contributed by atoms with Crippen molar-refractivity contribution in [3.63, 3.8) is 0 Å². The van der Waals surface area contributed by atoms with Crippen molar-refractivity contribution in [1.29, 1.82) is 0 Å². The first-order valence-corrected chi connectivity index (χ1v) is 6.79. The molecule has 0 atom stereocenters. The molecule has 0 unspecified atom stereocenters. The lowest BCUT2D eigenvalue weighted by Crippen LogP contribution is -2.26. The van der Waals surface area contributed by atoms with Crippen molar-refractivity contribution in [2.24, 2.45) is 0 Å². The summed E-state index contributed by atoms with van der Waals surface area (Å²) in [5, 5.41) is 0. The number of hydrogen-bond donors (Lipinski definition) is 1. The van der Waals surface area contributed by atoms with Gasteiger partial charge in [-0.1, -0.05) is 31.2 Å². The summed E-state index contributed by atoms with van der Waals surface area (Å²) in [6, 6.07) is 15.4. The summed E-state index contributed by atoms with van der Waals surface area (Å²) in [5.74, 6) is 0.0319. The van der Waals surface area contributed by atoms with E-state index in [2.05, 4.69) is 6.92 Å². The van der Waals surface area contributed by atoms with E-state index >= 15 is 0 Å². The first kappa shape index (κ1) is 14.1. The zero-order chi connectivity index (χ0) is 14.5. The van der Waals surface area contributed by atoms with Crippen molar-refractivity contribution in [3.05, 3.63) is 65.2 Å². The van der Waals surface area contributed by atoms with Crippen LogP contribution >= 0.6 is 0 Å². The Bertz CT molecular complexity index is 573. The van der Waals surface area contributed by atoms with Gasteiger partial charge in [0.1, 0.15) is 0 Å². The summed E-state index contributed by atoms with van der Waals surface area (Å²) in [4.78, 5) is 14.0. The lowest BCUT2D eigenvalue weighted by atomic mass is 10.1. The van der Waals surface area contributed by atoms with E-state index in [-0.39, 0.29) is 5.91 Å². The number of anilines is 1. The van der Waals surface area contributed by atoms with Gasteiger partial charge < -0.3 is 10.6 Å². The summed E-state index contributed by atoms with van der Waals surface area (Å²) in [5.41, 5.74) is 9.42. The Balaban J connectivity index is 2.05. The van der Waals surface area contributed by atoms with Crippen LogP contribution in [0, 0.1) is 0 Å². The zero-order valence-electron chi connectivity index (χ0n) is 12.0. The van der Waals surface area contributed by atoms with Gasteiger partial charge in [-0.25, -0.2) is 0 Å². The quantitative estimate of drug-likeness (QED) is 0.866. The number of benzene rings is 2. The molecule has 0 radical (unpaired) electrons. The maximum Gasteiger partial charge on any atom is 0.253 e. The molecule has 2 N–H and O–H groups in total. The number of nitrogen functional groups attached to an aromatic ring is 1. The molecule has 3 nitrogen and oxygen atoms in total. The minimum absolute atomic E-state index is 0.0319. The Hall–Kier alpha value is -2.29. The van der Waals surface area contributed by atoms with E-state index in [0.29, 0.717) is 6.54 Å². The molecule has 0 aliphatic rings. The van der Waals surface area contributed by atoms with Gasteiger partial charge in [0.05, 0.1) is 0 Å². The van der Waals surface area contributed by atoms with Gasteiger partial charge in [-0.05, 0) is 41.8 Å². The normalized spacial score (nSPS) is 10.3. The fourth-order valence-corrected chi connectivity index (χ4v) is 2.07. The molecule has 0 spiro atoms. The molecule has 0 bridgehead atoms. The minimum Gasteiger partial charge on any atom is -0.399 e. The number of nitrogens with zero attached hydrogens (tertiary/aromatic N) is 1. The standard InChI is InChI=1S/C17H20N2O/c1-3-13-4-8-15(9-5-13)17(20)19(2)12-14-6-10-16(18)11-7-14/h4-11H,3,12,18H2,1-2H3. The van der Waals surface area contributed by atoms with Gasteiger partial charge in [0.25, 0.3) is 5.91 Å². The van der Waals surface area contributed by atoms with Crippen molar-refractivity contribution in [1.82, 2.24) is 4.90 Å². The number of carbonyl (C=O) groups excluding carboxylic acids is 1. The van der Waals surface area contributed by atoms with E-state index in [1.807, 2.05) is 55.6 Å².